The van der Waals surface area contributed by atoms with Gasteiger partial charge in [0.25, 0.3) is 5.91 Å². The molecule has 0 spiro atoms. The number of hydrogen-bond acceptors (Lipinski definition) is 3. The molecular formula is C17H21N3O. The Kier molecular flexibility index (Phi) is 3.64. The lowest BCUT2D eigenvalue weighted by atomic mass is 9.90. The SMILES string of the molecule is Cc1cc(C(=O)NC2(C)CCNCC2)c2ccccc2n1. The van der Waals surface area contributed by atoms with E-state index in [4.69, 9.17) is 0 Å². The van der Waals surface area contributed by atoms with Crippen LogP contribution in [0.1, 0.15) is 35.8 Å². The molecule has 1 aliphatic heterocycles. The third-order valence-corrected chi connectivity index (χ3v) is 4.21. The number of nitrogens with one attached hydrogen (secondary N) is 2. The van der Waals surface area contributed by atoms with Crippen molar-refractivity contribution in [2.45, 2.75) is 32.2 Å². The molecule has 1 aliphatic rings. The summed E-state index contributed by atoms with van der Waals surface area (Å²) in [5, 5.41) is 7.47. The zero-order chi connectivity index (χ0) is 14.9. The highest BCUT2D eigenvalue weighted by Gasteiger charge is 2.29. The quantitative estimate of drug-likeness (QED) is 0.890. The van der Waals surface area contributed by atoms with Crippen molar-refractivity contribution in [1.29, 1.82) is 0 Å². The Hall–Kier alpha value is -1.94. The lowest BCUT2D eigenvalue weighted by molar-refractivity contribution is 0.0889. The van der Waals surface area contributed by atoms with E-state index in [1.165, 1.54) is 0 Å². The maximum absolute atomic E-state index is 12.7. The molecule has 0 saturated carbocycles. The van der Waals surface area contributed by atoms with Gasteiger partial charge in [0.15, 0.2) is 0 Å². The van der Waals surface area contributed by atoms with Gasteiger partial charge in [-0.1, -0.05) is 18.2 Å². The molecule has 2 aromatic rings. The van der Waals surface area contributed by atoms with Gasteiger partial charge >= 0.3 is 0 Å². The van der Waals surface area contributed by atoms with Crippen LogP contribution < -0.4 is 10.6 Å². The number of pyridine rings is 1. The largest absolute Gasteiger partial charge is 0.347 e. The average molecular weight is 283 g/mol. The van der Waals surface area contributed by atoms with Crippen molar-refractivity contribution in [3.63, 3.8) is 0 Å². The minimum Gasteiger partial charge on any atom is -0.347 e. The number of carbonyl (C=O) groups excluding carboxylic acids is 1. The first-order valence-corrected chi connectivity index (χ1v) is 7.47. The van der Waals surface area contributed by atoms with Gasteiger partial charge in [0.1, 0.15) is 0 Å². The smallest absolute Gasteiger partial charge is 0.252 e. The van der Waals surface area contributed by atoms with Gasteiger partial charge in [0, 0.05) is 16.6 Å². The summed E-state index contributed by atoms with van der Waals surface area (Å²) >= 11 is 0. The molecule has 21 heavy (non-hydrogen) atoms. The fourth-order valence-corrected chi connectivity index (χ4v) is 2.94. The second-order valence-electron chi connectivity index (χ2n) is 6.09. The van der Waals surface area contributed by atoms with E-state index in [-0.39, 0.29) is 11.4 Å². The Morgan fingerprint density at radius 1 is 1.29 bits per heavy atom. The zero-order valence-corrected chi connectivity index (χ0v) is 12.6. The van der Waals surface area contributed by atoms with Crippen molar-refractivity contribution < 1.29 is 4.79 Å². The molecule has 1 amide bonds. The van der Waals surface area contributed by atoms with Crippen LogP contribution in [0.25, 0.3) is 10.9 Å². The van der Waals surface area contributed by atoms with Crippen molar-refractivity contribution in [3.8, 4) is 0 Å². The fourth-order valence-electron chi connectivity index (χ4n) is 2.94. The molecule has 4 nitrogen and oxygen atoms in total. The molecule has 2 heterocycles. The van der Waals surface area contributed by atoms with E-state index in [0.29, 0.717) is 0 Å². The van der Waals surface area contributed by atoms with Gasteiger partial charge in [-0.3, -0.25) is 9.78 Å². The van der Waals surface area contributed by atoms with Crippen LogP contribution >= 0.6 is 0 Å². The van der Waals surface area contributed by atoms with E-state index in [1.54, 1.807) is 0 Å². The van der Waals surface area contributed by atoms with E-state index in [1.807, 2.05) is 37.3 Å². The number of fused-ring (bicyclic) bond motifs is 1. The van der Waals surface area contributed by atoms with E-state index in [0.717, 1.165) is 48.1 Å². The van der Waals surface area contributed by atoms with Crippen LogP contribution in [-0.2, 0) is 0 Å². The lowest BCUT2D eigenvalue weighted by Gasteiger charge is -2.35. The number of benzene rings is 1. The van der Waals surface area contributed by atoms with E-state index < -0.39 is 0 Å². The molecule has 1 aromatic carbocycles. The summed E-state index contributed by atoms with van der Waals surface area (Å²) in [6, 6.07) is 9.68. The molecule has 3 rings (SSSR count). The normalized spacial score (nSPS) is 17.6. The number of para-hydroxylation sites is 1. The van der Waals surface area contributed by atoms with Crippen LogP contribution in [0, 0.1) is 6.92 Å². The summed E-state index contributed by atoms with van der Waals surface area (Å²) in [4.78, 5) is 17.2. The molecule has 0 radical (unpaired) electrons. The van der Waals surface area contributed by atoms with Gasteiger partial charge in [0.2, 0.25) is 0 Å². The van der Waals surface area contributed by atoms with Gasteiger partial charge in [-0.15, -0.1) is 0 Å². The molecule has 0 aliphatic carbocycles. The van der Waals surface area contributed by atoms with Crippen LogP contribution in [0.2, 0.25) is 0 Å². The molecule has 2 N–H and O–H groups in total. The number of rotatable bonds is 2. The lowest BCUT2D eigenvalue weighted by Crippen LogP contribution is -2.52. The Morgan fingerprint density at radius 3 is 2.76 bits per heavy atom. The van der Waals surface area contributed by atoms with Crippen molar-refractivity contribution in [1.82, 2.24) is 15.6 Å². The van der Waals surface area contributed by atoms with Crippen LogP contribution in [-0.4, -0.2) is 29.5 Å². The van der Waals surface area contributed by atoms with Crippen molar-refractivity contribution >= 4 is 16.8 Å². The van der Waals surface area contributed by atoms with Gasteiger partial charge in [-0.05, 0) is 51.9 Å². The van der Waals surface area contributed by atoms with Gasteiger partial charge < -0.3 is 10.6 Å². The predicted molar refractivity (Wildman–Crippen MR) is 84.5 cm³/mol. The second kappa shape index (κ2) is 5.45. The molecule has 1 aromatic heterocycles. The first-order chi connectivity index (χ1) is 10.1. The third kappa shape index (κ3) is 2.90. The summed E-state index contributed by atoms with van der Waals surface area (Å²) in [5.74, 6) is 0.00102. The van der Waals surface area contributed by atoms with Crippen LogP contribution in [0.3, 0.4) is 0 Å². The topological polar surface area (TPSA) is 54.0 Å². The van der Waals surface area contributed by atoms with E-state index in [9.17, 15) is 4.79 Å². The van der Waals surface area contributed by atoms with Gasteiger partial charge in [0.05, 0.1) is 11.1 Å². The maximum Gasteiger partial charge on any atom is 0.252 e. The second-order valence-corrected chi connectivity index (χ2v) is 6.09. The highest BCUT2D eigenvalue weighted by atomic mass is 16.1. The van der Waals surface area contributed by atoms with Gasteiger partial charge in [-0.2, -0.15) is 0 Å². The molecule has 110 valence electrons. The summed E-state index contributed by atoms with van der Waals surface area (Å²) in [6.45, 7) is 5.96. The number of hydrogen-bond donors (Lipinski definition) is 2. The predicted octanol–water partition coefficient (Wildman–Crippen LogP) is 2.42. The first-order valence-electron chi connectivity index (χ1n) is 7.47. The Morgan fingerprint density at radius 2 is 2.00 bits per heavy atom. The molecule has 0 unspecified atom stereocenters. The number of piperidine rings is 1. The summed E-state index contributed by atoms with van der Waals surface area (Å²) in [6.07, 6.45) is 1.92. The summed E-state index contributed by atoms with van der Waals surface area (Å²) in [7, 11) is 0. The zero-order valence-electron chi connectivity index (χ0n) is 12.6. The van der Waals surface area contributed by atoms with Crippen LogP contribution in [0.4, 0.5) is 0 Å². The van der Waals surface area contributed by atoms with Crippen molar-refractivity contribution in [3.05, 3.63) is 41.6 Å². The van der Waals surface area contributed by atoms with Crippen molar-refractivity contribution in [2.24, 2.45) is 0 Å². The Balaban J connectivity index is 1.94. The Labute approximate surface area is 125 Å². The molecule has 1 saturated heterocycles. The molecule has 0 atom stereocenters. The molecule has 0 bridgehead atoms. The number of aryl methyl sites for hydroxylation is 1. The average Bonchev–Trinajstić information content (AvgIpc) is 2.46. The van der Waals surface area contributed by atoms with Gasteiger partial charge in [-0.25, -0.2) is 0 Å². The summed E-state index contributed by atoms with van der Waals surface area (Å²) in [5.41, 5.74) is 2.34. The van der Waals surface area contributed by atoms with Crippen LogP contribution in [0.5, 0.6) is 0 Å². The fraction of sp³-hybridized carbons (Fsp3) is 0.412. The summed E-state index contributed by atoms with van der Waals surface area (Å²) < 4.78 is 0. The monoisotopic (exact) mass is 283 g/mol. The third-order valence-electron chi connectivity index (χ3n) is 4.21. The van der Waals surface area contributed by atoms with Crippen LogP contribution in [0.15, 0.2) is 30.3 Å². The number of nitrogens with zero attached hydrogens (tertiary/aromatic N) is 1. The number of carbonyl (C=O) groups is 1. The number of amides is 1. The number of aromatic nitrogens is 1. The molecule has 4 heteroatoms. The minimum atomic E-state index is -0.124. The molecular weight excluding hydrogens is 262 g/mol. The highest BCUT2D eigenvalue weighted by molar-refractivity contribution is 6.06. The maximum atomic E-state index is 12.7. The highest BCUT2D eigenvalue weighted by Crippen LogP contribution is 2.22. The molecule has 1 fully saturated rings. The van der Waals surface area contributed by atoms with E-state index in [2.05, 4.69) is 22.5 Å². The van der Waals surface area contributed by atoms with Crippen molar-refractivity contribution in [2.75, 3.05) is 13.1 Å². The Bertz CT molecular complexity index is 675. The first kappa shape index (κ1) is 14.0. The van der Waals surface area contributed by atoms with E-state index >= 15 is 0 Å². The minimum absolute atomic E-state index is 0.00102. The standard InChI is InChI=1S/C17H21N3O/c1-12-11-14(13-5-3-4-6-15(13)19-12)16(21)20-17(2)7-9-18-10-8-17/h3-6,11,18H,7-10H2,1-2H3,(H,20,21).